The molecule has 4 heterocycles. The van der Waals surface area contributed by atoms with Crippen molar-refractivity contribution in [2.45, 2.75) is 51.9 Å². The molecule has 0 bridgehead atoms. The van der Waals surface area contributed by atoms with Crippen LogP contribution < -0.4 is 0 Å². The van der Waals surface area contributed by atoms with Crippen molar-refractivity contribution in [1.29, 1.82) is 0 Å². The average Bonchev–Trinajstić information content (AvgIpc) is 3.18. The van der Waals surface area contributed by atoms with E-state index in [0.29, 0.717) is 0 Å². The summed E-state index contributed by atoms with van der Waals surface area (Å²) in [5.74, 6) is 0. The number of nitrogens with one attached hydrogen (secondary N) is 1. The highest BCUT2D eigenvalue weighted by molar-refractivity contribution is 5.83. The zero-order valence-electron chi connectivity index (χ0n) is 17.1. The maximum Gasteiger partial charge on any atom is 0.140 e. The highest BCUT2D eigenvalue weighted by Crippen LogP contribution is 2.35. The molecule has 4 nitrogen and oxygen atoms in total. The van der Waals surface area contributed by atoms with Crippen LogP contribution in [0.2, 0.25) is 0 Å². The van der Waals surface area contributed by atoms with Crippen LogP contribution in [-0.4, -0.2) is 19.5 Å². The van der Waals surface area contributed by atoms with Gasteiger partial charge in [-0.15, -0.1) is 0 Å². The molecular weight excluding hydrogens is 332 g/mol. The molecule has 0 aliphatic rings. The van der Waals surface area contributed by atoms with E-state index in [1.807, 2.05) is 18.5 Å². The molecule has 4 heteroatoms. The molecule has 0 spiro atoms. The predicted octanol–water partition coefficient (Wildman–Crippen LogP) is 5.27. The average molecular weight is 361 g/mol. The number of aryl methyl sites for hydroxylation is 1. The first-order valence-electron chi connectivity index (χ1n) is 9.54. The van der Waals surface area contributed by atoms with Crippen LogP contribution in [0, 0.1) is 0 Å². The van der Waals surface area contributed by atoms with Gasteiger partial charge in [0.25, 0.3) is 0 Å². The van der Waals surface area contributed by atoms with Gasteiger partial charge < -0.3 is 9.55 Å². The molecule has 4 aromatic rings. The molecule has 0 unspecified atom stereocenters. The lowest BCUT2D eigenvalue weighted by Crippen LogP contribution is -2.22. The Labute approximate surface area is 160 Å². The zero-order chi connectivity index (χ0) is 19.4. The summed E-state index contributed by atoms with van der Waals surface area (Å²) in [6.45, 7) is 11.4. The van der Waals surface area contributed by atoms with Gasteiger partial charge >= 0.3 is 0 Å². The van der Waals surface area contributed by atoms with Gasteiger partial charge in [0.05, 0.1) is 0 Å². The summed E-state index contributed by atoms with van der Waals surface area (Å²) in [7, 11) is 2.07. The molecule has 0 amide bonds. The van der Waals surface area contributed by atoms with Crippen LogP contribution in [-0.2, 0) is 24.3 Å². The number of hydrogen-bond acceptors (Lipinski definition) is 2. The maximum atomic E-state index is 5.02. The second kappa shape index (κ2) is 5.95. The summed E-state index contributed by atoms with van der Waals surface area (Å²) in [6.07, 6.45) is 8.89. The summed E-state index contributed by atoms with van der Waals surface area (Å²) in [5, 5.41) is 2.45. The van der Waals surface area contributed by atoms with Gasteiger partial charge in [0.1, 0.15) is 5.65 Å². The van der Waals surface area contributed by atoms with Gasteiger partial charge in [-0.3, -0.25) is 4.98 Å². The summed E-state index contributed by atoms with van der Waals surface area (Å²) in [4.78, 5) is 12.7. The Morgan fingerprint density at radius 1 is 1.04 bits per heavy atom. The number of nitrogens with zero attached hydrogens (tertiary/aromatic N) is 3. The Kier molecular flexibility index (Phi) is 3.91. The lowest BCUT2D eigenvalue weighted by Gasteiger charge is -2.26. The predicted molar refractivity (Wildman–Crippen MR) is 112 cm³/mol. The van der Waals surface area contributed by atoms with Crippen molar-refractivity contribution in [2.75, 3.05) is 0 Å². The molecule has 0 aliphatic heterocycles. The molecule has 0 aromatic carbocycles. The number of pyridine rings is 2. The van der Waals surface area contributed by atoms with Crippen LogP contribution in [0.4, 0.5) is 0 Å². The van der Waals surface area contributed by atoms with Gasteiger partial charge in [0.2, 0.25) is 0 Å². The lowest BCUT2D eigenvalue weighted by atomic mass is 9.79. The first-order valence-corrected chi connectivity index (χ1v) is 9.54. The van der Waals surface area contributed by atoms with Gasteiger partial charge in [0.15, 0.2) is 0 Å². The van der Waals surface area contributed by atoms with Crippen molar-refractivity contribution in [3.63, 3.8) is 0 Å². The number of H-pyrrole nitrogens is 1. The van der Waals surface area contributed by atoms with Gasteiger partial charge in [-0.2, -0.15) is 0 Å². The molecule has 0 saturated carbocycles. The molecule has 4 aromatic heterocycles. The number of fused-ring (bicyclic) bond motifs is 2. The minimum absolute atomic E-state index is 0.0533. The molecule has 0 saturated heterocycles. The summed E-state index contributed by atoms with van der Waals surface area (Å²) in [5.41, 5.74) is 6.01. The topological polar surface area (TPSA) is 46.5 Å². The highest BCUT2D eigenvalue weighted by Gasteiger charge is 2.27. The third-order valence-electron chi connectivity index (χ3n) is 5.53. The molecule has 0 fully saturated rings. The van der Waals surface area contributed by atoms with Crippen LogP contribution >= 0.6 is 0 Å². The van der Waals surface area contributed by atoms with Gasteiger partial charge in [-0.1, -0.05) is 34.6 Å². The van der Waals surface area contributed by atoms with E-state index in [9.17, 15) is 0 Å². The standard InChI is InChI=1S/C23H28N4/c1-22(2,3)18-11-15(26-21-16(18)8-10-27(21)6)12-23(4,5)19-14-25-20-7-9-24-13-17(19)20/h7-11,13-14,25H,12H2,1-6H3. The Morgan fingerprint density at radius 3 is 2.56 bits per heavy atom. The van der Waals surface area contributed by atoms with E-state index in [1.165, 1.54) is 21.9 Å². The molecule has 0 radical (unpaired) electrons. The second-order valence-corrected chi connectivity index (χ2v) is 9.26. The third-order valence-corrected chi connectivity index (χ3v) is 5.53. The number of hydrogen-bond donors (Lipinski definition) is 1. The quantitative estimate of drug-likeness (QED) is 0.541. The highest BCUT2D eigenvalue weighted by atomic mass is 15.0. The Balaban J connectivity index is 1.82. The van der Waals surface area contributed by atoms with E-state index in [1.54, 1.807) is 0 Å². The van der Waals surface area contributed by atoms with E-state index < -0.39 is 0 Å². The molecule has 4 rings (SSSR count). The Morgan fingerprint density at radius 2 is 1.81 bits per heavy atom. The summed E-state index contributed by atoms with van der Waals surface area (Å²) < 4.78 is 2.12. The van der Waals surface area contributed by atoms with Crippen molar-refractivity contribution >= 4 is 21.9 Å². The van der Waals surface area contributed by atoms with Crippen molar-refractivity contribution in [3.05, 3.63) is 59.8 Å². The molecule has 1 N–H and O–H groups in total. The SMILES string of the molecule is Cn1ccc2c(C(C)(C)C)cc(CC(C)(C)c3c[nH]c4ccncc34)nc21. The fraction of sp³-hybridized carbons (Fsp3) is 0.391. The molecule has 0 aliphatic carbocycles. The van der Waals surface area contributed by atoms with Crippen LogP contribution in [0.5, 0.6) is 0 Å². The first kappa shape index (κ1) is 17.8. The van der Waals surface area contributed by atoms with Crippen molar-refractivity contribution in [2.24, 2.45) is 7.05 Å². The second-order valence-electron chi connectivity index (χ2n) is 9.26. The number of aromatic nitrogens is 4. The minimum Gasteiger partial charge on any atom is -0.361 e. The smallest absolute Gasteiger partial charge is 0.140 e. The van der Waals surface area contributed by atoms with Crippen LogP contribution in [0.25, 0.3) is 21.9 Å². The van der Waals surface area contributed by atoms with Crippen molar-refractivity contribution < 1.29 is 0 Å². The van der Waals surface area contributed by atoms with Gasteiger partial charge in [-0.05, 0) is 46.6 Å². The van der Waals surface area contributed by atoms with E-state index in [0.717, 1.165) is 23.3 Å². The summed E-state index contributed by atoms with van der Waals surface area (Å²) >= 11 is 0. The molecule has 27 heavy (non-hydrogen) atoms. The minimum atomic E-state index is -0.0533. The third kappa shape index (κ3) is 3.03. The van der Waals surface area contributed by atoms with E-state index in [4.69, 9.17) is 4.98 Å². The van der Waals surface area contributed by atoms with Gasteiger partial charge in [-0.25, -0.2) is 4.98 Å². The van der Waals surface area contributed by atoms with Crippen molar-refractivity contribution in [3.8, 4) is 0 Å². The Bertz CT molecular complexity index is 1120. The Hall–Kier alpha value is -2.62. The largest absolute Gasteiger partial charge is 0.361 e. The van der Waals surface area contributed by atoms with E-state index in [-0.39, 0.29) is 10.8 Å². The molecule has 0 atom stereocenters. The molecule has 140 valence electrons. The maximum absolute atomic E-state index is 5.02. The summed E-state index contributed by atoms with van der Waals surface area (Å²) in [6, 6.07) is 6.52. The normalized spacial score (nSPS) is 13.0. The van der Waals surface area contributed by atoms with Gasteiger partial charge in [0, 0.05) is 53.8 Å². The first-order chi connectivity index (χ1) is 12.7. The van der Waals surface area contributed by atoms with Crippen molar-refractivity contribution in [1.82, 2.24) is 19.5 Å². The zero-order valence-corrected chi connectivity index (χ0v) is 17.1. The monoisotopic (exact) mass is 360 g/mol. The van der Waals surface area contributed by atoms with Crippen LogP contribution in [0.3, 0.4) is 0 Å². The molecular formula is C23H28N4. The lowest BCUT2D eigenvalue weighted by molar-refractivity contribution is 0.517. The van der Waals surface area contributed by atoms with Crippen LogP contribution in [0.15, 0.2) is 43.0 Å². The fourth-order valence-corrected chi connectivity index (χ4v) is 4.07. The van der Waals surface area contributed by atoms with Crippen LogP contribution in [0.1, 0.15) is 51.4 Å². The van der Waals surface area contributed by atoms with E-state index in [2.05, 4.69) is 80.7 Å². The number of aromatic amines is 1. The number of rotatable bonds is 3. The fourth-order valence-electron chi connectivity index (χ4n) is 4.07. The van der Waals surface area contributed by atoms with E-state index >= 15 is 0 Å².